The maximum atomic E-state index is 12.8. The second-order valence-electron chi connectivity index (χ2n) is 7.15. The molecule has 0 fully saturated rings. The summed E-state index contributed by atoms with van der Waals surface area (Å²) >= 11 is 2.15. The third kappa shape index (κ3) is 4.24. The van der Waals surface area contributed by atoms with E-state index in [1.54, 1.807) is 20.9 Å². The van der Waals surface area contributed by atoms with Gasteiger partial charge in [0, 0.05) is 23.7 Å². The average Bonchev–Trinajstić information content (AvgIpc) is 3.24. The van der Waals surface area contributed by atoms with Gasteiger partial charge >= 0.3 is 10.8 Å². The van der Waals surface area contributed by atoms with E-state index in [-0.39, 0.29) is 11.5 Å². The quantitative estimate of drug-likeness (QED) is 0.541. The SMILES string of the molecule is CCOC(=O)c1c(-c2ccc(C(C)C)cc2)csc1NC(=O)c1sc(=O)n(C)c1C. The van der Waals surface area contributed by atoms with Crippen molar-refractivity contribution in [2.45, 2.75) is 33.6 Å². The van der Waals surface area contributed by atoms with E-state index >= 15 is 0 Å². The molecule has 158 valence electrons. The molecule has 0 unspecified atom stereocenters. The molecule has 2 aromatic heterocycles. The van der Waals surface area contributed by atoms with Gasteiger partial charge in [0.25, 0.3) is 5.91 Å². The minimum absolute atomic E-state index is 0.208. The molecule has 0 aliphatic rings. The van der Waals surface area contributed by atoms with Crippen LogP contribution in [0.15, 0.2) is 34.4 Å². The normalized spacial score (nSPS) is 11.0. The number of nitrogens with zero attached hydrogens (tertiary/aromatic N) is 1. The van der Waals surface area contributed by atoms with E-state index in [0.29, 0.717) is 32.6 Å². The van der Waals surface area contributed by atoms with Crippen molar-refractivity contribution in [1.29, 1.82) is 0 Å². The summed E-state index contributed by atoms with van der Waals surface area (Å²) in [5.74, 6) is -0.499. The van der Waals surface area contributed by atoms with Crippen LogP contribution in [0.25, 0.3) is 11.1 Å². The van der Waals surface area contributed by atoms with E-state index in [2.05, 4.69) is 19.2 Å². The lowest BCUT2D eigenvalue weighted by Gasteiger charge is -2.10. The van der Waals surface area contributed by atoms with Gasteiger partial charge in [-0.3, -0.25) is 9.59 Å². The number of rotatable bonds is 6. The first kappa shape index (κ1) is 22.0. The van der Waals surface area contributed by atoms with Crippen molar-refractivity contribution in [3.63, 3.8) is 0 Å². The van der Waals surface area contributed by atoms with Gasteiger partial charge in [0.15, 0.2) is 0 Å². The molecule has 0 saturated carbocycles. The Kier molecular flexibility index (Phi) is 6.58. The van der Waals surface area contributed by atoms with Crippen molar-refractivity contribution in [3.8, 4) is 11.1 Å². The highest BCUT2D eigenvalue weighted by atomic mass is 32.1. The molecular weight excluding hydrogens is 420 g/mol. The number of aromatic nitrogens is 1. The molecule has 0 atom stereocenters. The Morgan fingerprint density at radius 1 is 1.20 bits per heavy atom. The number of nitrogens with one attached hydrogen (secondary N) is 1. The molecule has 30 heavy (non-hydrogen) atoms. The monoisotopic (exact) mass is 444 g/mol. The summed E-state index contributed by atoms with van der Waals surface area (Å²) in [6.07, 6.45) is 0. The van der Waals surface area contributed by atoms with Crippen LogP contribution in [0, 0.1) is 6.92 Å². The first-order valence-corrected chi connectivity index (χ1v) is 11.3. The molecule has 0 radical (unpaired) electrons. The second kappa shape index (κ2) is 8.97. The fraction of sp³-hybridized carbons (Fsp3) is 0.318. The number of carbonyl (C=O) groups excluding carboxylic acids is 2. The highest BCUT2D eigenvalue weighted by molar-refractivity contribution is 7.15. The standard InChI is InChI=1S/C22H24N2O4S2/c1-6-28-21(26)17-16(15-9-7-14(8-10-15)12(2)3)11-29-20(17)23-19(25)18-13(4)24(5)22(27)30-18/h7-12H,6H2,1-5H3,(H,23,25). The van der Waals surface area contributed by atoms with Crippen molar-refractivity contribution >= 4 is 39.6 Å². The van der Waals surface area contributed by atoms with Gasteiger partial charge in [-0.1, -0.05) is 49.4 Å². The molecule has 0 spiro atoms. The zero-order valence-corrected chi connectivity index (χ0v) is 19.2. The molecule has 8 heteroatoms. The van der Waals surface area contributed by atoms with Crippen LogP contribution in [0.5, 0.6) is 0 Å². The van der Waals surface area contributed by atoms with E-state index in [1.807, 2.05) is 29.6 Å². The van der Waals surface area contributed by atoms with Crippen molar-refractivity contribution in [3.05, 3.63) is 61.0 Å². The minimum atomic E-state index is -0.491. The van der Waals surface area contributed by atoms with E-state index in [1.165, 1.54) is 21.5 Å². The average molecular weight is 445 g/mol. The van der Waals surface area contributed by atoms with Gasteiger partial charge in [-0.05, 0) is 30.9 Å². The van der Waals surface area contributed by atoms with Gasteiger partial charge in [0.05, 0.1) is 6.61 Å². The molecule has 0 aliphatic carbocycles. The molecule has 0 bridgehead atoms. The minimum Gasteiger partial charge on any atom is -0.462 e. The van der Waals surface area contributed by atoms with E-state index in [4.69, 9.17) is 4.74 Å². The molecule has 1 amide bonds. The molecule has 1 N–H and O–H groups in total. The first-order chi connectivity index (χ1) is 14.2. The maximum absolute atomic E-state index is 12.8. The number of carbonyl (C=O) groups is 2. The number of esters is 1. The Balaban J connectivity index is 2.00. The second-order valence-corrected chi connectivity index (χ2v) is 8.99. The molecular formula is C22H24N2O4S2. The summed E-state index contributed by atoms with van der Waals surface area (Å²) in [6, 6.07) is 8.02. The summed E-state index contributed by atoms with van der Waals surface area (Å²) in [7, 11) is 1.62. The number of amides is 1. The fourth-order valence-electron chi connectivity index (χ4n) is 3.01. The van der Waals surface area contributed by atoms with Crippen molar-refractivity contribution < 1.29 is 14.3 Å². The van der Waals surface area contributed by atoms with Crippen LogP contribution in [0.2, 0.25) is 0 Å². The molecule has 1 aromatic carbocycles. The van der Waals surface area contributed by atoms with Gasteiger partial charge < -0.3 is 14.6 Å². The van der Waals surface area contributed by atoms with E-state index in [9.17, 15) is 14.4 Å². The summed E-state index contributed by atoms with van der Waals surface area (Å²) in [5, 5.41) is 5.05. The van der Waals surface area contributed by atoms with Gasteiger partial charge in [0.2, 0.25) is 0 Å². The molecule has 3 aromatic rings. The summed E-state index contributed by atoms with van der Waals surface area (Å²) in [4.78, 5) is 37.5. The number of hydrogen-bond donors (Lipinski definition) is 1. The predicted molar refractivity (Wildman–Crippen MR) is 122 cm³/mol. The number of anilines is 1. The fourth-order valence-corrected chi connectivity index (χ4v) is 4.83. The molecule has 0 aliphatic heterocycles. The van der Waals surface area contributed by atoms with Crippen molar-refractivity contribution in [2.75, 3.05) is 11.9 Å². The number of benzene rings is 1. The maximum Gasteiger partial charge on any atom is 0.341 e. The Morgan fingerprint density at radius 2 is 1.87 bits per heavy atom. The predicted octanol–water partition coefficient (Wildman–Crippen LogP) is 5.04. The summed E-state index contributed by atoms with van der Waals surface area (Å²) in [6.45, 7) is 7.93. The lowest BCUT2D eigenvalue weighted by molar-refractivity contribution is 0.0529. The lowest BCUT2D eigenvalue weighted by atomic mass is 9.98. The zero-order valence-electron chi connectivity index (χ0n) is 17.6. The summed E-state index contributed by atoms with van der Waals surface area (Å²) < 4.78 is 6.68. The van der Waals surface area contributed by atoms with Crippen LogP contribution in [0.4, 0.5) is 5.00 Å². The van der Waals surface area contributed by atoms with Crippen LogP contribution in [0.1, 0.15) is 58.0 Å². The third-order valence-electron chi connectivity index (χ3n) is 4.89. The smallest absolute Gasteiger partial charge is 0.341 e. The van der Waals surface area contributed by atoms with Gasteiger partial charge in [-0.2, -0.15) is 0 Å². The van der Waals surface area contributed by atoms with Crippen molar-refractivity contribution in [2.24, 2.45) is 7.05 Å². The van der Waals surface area contributed by atoms with E-state index < -0.39 is 11.9 Å². The molecule has 0 saturated heterocycles. The topological polar surface area (TPSA) is 77.4 Å². The van der Waals surface area contributed by atoms with Gasteiger partial charge in [-0.15, -0.1) is 11.3 Å². The van der Waals surface area contributed by atoms with Gasteiger partial charge in [-0.25, -0.2) is 4.79 Å². The lowest BCUT2D eigenvalue weighted by Crippen LogP contribution is -2.15. The number of thiophene rings is 1. The third-order valence-corrected chi connectivity index (χ3v) is 6.92. The van der Waals surface area contributed by atoms with Crippen molar-refractivity contribution in [1.82, 2.24) is 4.57 Å². The number of ether oxygens (including phenoxy) is 1. The highest BCUT2D eigenvalue weighted by Gasteiger charge is 2.24. The van der Waals surface area contributed by atoms with Crippen LogP contribution in [-0.4, -0.2) is 23.1 Å². The Bertz CT molecular complexity index is 1140. The highest BCUT2D eigenvalue weighted by Crippen LogP contribution is 2.37. The zero-order chi connectivity index (χ0) is 22.0. The van der Waals surface area contributed by atoms with Gasteiger partial charge in [0.1, 0.15) is 15.4 Å². The molecule has 3 rings (SSSR count). The first-order valence-electron chi connectivity index (χ1n) is 9.61. The van der Waals surface area contributed by atoms with Crippen LogP contribution >= 0.6 is 22.7 Å². The van der Waals surface area contributed by atoms with Crippen LogP contribution in [0.3, 0.4) is 0 Å². The molecule has 2 heterocycles. The van der Waals surface area contributed by atoms with Crippen LogP contribution in [-0.2, 0) is 11.8 Å². The Hall–Kier alpha value is -2.71. The largest absolute Gasteiger partial charge is 0.462 e. The van der Waals surface area contributed by atoms with E-state index in [0.717, 1.165) is 16.9 Å². The Morgan fingerprint density at radius 3 is 2.40 bits per heavy atom. The van der Waals surface area contributed by atoms with Crippen LogP contribution < -0.4 is 10.2 Å². The summed E-state index contributed by atoms with van der Waals surface area (Å²) in [5.41, 5.74) is 3.70. The number of thiazole rings is 1. The molecule has 6 nitrogen and oxygen atoms in total. The number of hydrogen-bond acceptors (Lipinski definition) is 6. The Labute approximate surface area is 183 Å².